The van der Waals surface area contributed by atoms with E-state index in [0.29, 0.717) is 10.0 Å². The van der Waals surface area contributed by atoms with E-state index in [1.165, 1.54) is 12.1 Å². The summed E-state index contributed by atoms with van der Waals surface area (Å²) >= 11 is 11.9. The van der Waals surface area contributed by atoms with E-state index in [1.807, 2.05) is 6.92 Å². The number of primary sulfonamides is 1. The summed E-state index contributed by atoms with van der Waals surface area (Å²) in [5.74, 6) is 0. The van der Waals surface area contributed by atoms with Crippen molar-refractivity contribution in [1.29, 1.82) is 0 Å². The van der Waals surface area contributed by atoms with Crippen LogP contribution in [-0.4, -0.2) is 8.42 Å². The third-order valence-corrected chi connectivity index (χ3v) is 4.32. The average Bonchev–Trinajstić information content (AvgIpc) is 2.36. The summed E-state index contributed by atoms with van der Waals surface area (Å²) in [6.45, 7) is 1.95. The van der Waals surface area contributed by atoms with Crippen LogP contribution in [0.3, 0.4) is 0 Å². The van der Waals surface area contributed by atoms with Crippen LogP contribution in [0.1, 0.15) is 18.5 Å². The number of hydrogen-bond acceptors (Lipinski definition) is 3. The molecule has 2 aromatic rings. The summed E-state index contributed by atoms with van der Waals surface area (Å²) in [6.07, 6.45) is 0. The van der Waals surface area contributed by atoms with Gasteiger partial charge in [0.2, 0.25) is 10.0 Å². The fourth-order valence-corrected chi connectivity index (χ4v) is 2.96. The van der Waals surface area contributed by atoms with Crippen LogP contribution in [0.2, 0.25) is 10.0 Å². The highest BCUT2D eigenvalue weighted by Gasteiger charge is 2.10. The summed E-state index contributed by atoms with van der Waals surface area (Å²) in [5.41, 5.74) is 1.70. The summed E-state index contributed by atoms with van der Waals surface area (Å²) < 4.78 is 22.4. The quantitative estimate of drug-likeness (QED) is 0.885. The molecule has 2 aromatic carbocycles. The zero-order valence-corrected chi connectivity index (χ0v) is 13.5. The molecule has 1 unspecified atom stereocenters. The molecule has 112 valence electrons. The molecule has 0 amide bonds. The molecule has 0 saturated carbocycles. The third kappa shape index (κ3) is 4.35. The van der Waals surface area contributed by atoms with Crippen molar-refractivity contribution < 1.29 is 8.42 Å². The van der Waals surface area contributed by atoms with Gasteiger partial charge in [-0.1, -0.05) is 35.3 Å². The Hall–Kier alpha value is -1.27. The summed E-state index contributed by atoms with van der Waals surface area (Å²) in [5, 5.41) is 9.40. The first kappa shape index (κ1) is 16.1. The normalized spacial score (nSPS) is 13.0. The lowest BCUT2D eigenvalue weighted by Gasteiger charge is -2.16. The second-order valence-electron chi connectivity index (χ2n) is 4.64. The van der Waals surface area contributed by atoms with Gasteiger partial charge in [0.1, 0.15) is 0 Å². The Balaban J connectivity index is 2.18. The zero-order chi connectivity index (χ0) is 15.6. The van der Waals surface area contributed by atoms with E-state index in [0.717, 1.165) is 11.3 Å². The Labute approximate surface area is 133 Å². The highest BCUT2D eigenvalue weighted by Crippen LogP contribution is 2.26. The van der Waals surface area contributed by atoms with Crippen molar-refractivity contribution in [3.63, 3.8) is 0 Å². The Kier molecular flexibility index (Phi) is 4.78. The molecule has 0 aliphatic rings. The van der Waals surface area contributed by atoms with Gasteiger partial charge in [0.25, 0.3) is 0 Å². The smallest absolute Gasteiger partial charge is 0.238 e. The SMILES string of the molecule is CC(Nc1cc(Cl)cc(Cl)c1)c1ccc(S(N)(=O)=O)cc1. The molecule has 21 heavy (non-hydrogen) atoms. The molecular weight excluding hydrogens is 331 g/mol. The second-order valence-corrected chi connectivity index (χ2v) is 7.07. The number of hydrogen-bond donors (Lipinski definition) is 2. The number of nitrogens with one attached hydrogen (secondary N) is 1. The fraction of sp³-hybridized carbons (Fsp3) is 0.143. The van der Waals surface area contributed by atoms with Crippen molar-refractivity contribution in [3.05, 3.63) is 58.1 Å². The number of halogens is 2. The largest absolute Gasteiger partial charge is 0.378 e. The van der Waals surface area contributed by atoms with Crippen molar-refractivity contribution in [1.82, 2.24) is 0 Å². The lowest BCUT2D eigenvalue weighted by atomic mass is 10.1. The molecule has 7 heteroatoms. The standard InChI is InChI=1S/C14H14Cl2N2O2S/c1-9(18-13-7-11(15)6-12(16)8-13)10-2-4-14(5-3-10)21(17,19)20/h2-9,18H,1H3,(H2,17,19,20). The van der Waals surface area contributed by atoms with Gasteiger partial charge in [-0.15, -0.1) is 0 Å². The molecule has 1 atom stereocenters. The monoisotopic (exact) mass is 344 g/mol. The molecule has 0 heterocycles. The van der Waals surface area contributed by atoms with Gasteiger partial charge in [-0.25, -0.2) is 13.6 Å². The Morgan fingerprint density at radius 1 is 1.05 bits per heavy atom. The van der Waals surface area contributed by atoms with E-state index in [-0.39, 0.29) is 10.9 Å². The van der Waals surface area contributed by atoms with Crippen LogP contribution in [0, 0.1) is 0 Å². The number of anilines is 1. The van der Waals surface area contributed by atoms with Crippen LogP contribution in [-0.2, 0) is 10.0 Å². The lowest BCUT2D eigenvalue weighted by molar-refractivity contribution is 0.597. The molecule has 0 radical (unpaired) electrons. The zero-order valence-electron chi connectivity index (χ0n) is 11.2. The number of sulfonamides is 1. The molecule has 0 spiro atoms. The van der Waals surface area contributed by atoms with E-state index in [4.69, 9.17) is 28.3 Å². The van der Waals surface area contributed by atoms with Crippen LogP contribution in [0.5, 0.6) is 0 Å². The van der Waals surface area contributed by atoms with Gasteiger partial charge in [-0.3, -0.25) is 0 Å². The first-order chi connectivity index (χ1) is 9.75. The maximum Gasteiger partial charge on any atom is 0.238 e. The predicted octanol–water partition coefficient (Wildman–Crippen LogP) is 3.81. The van der Waals surface area contributed by atoms with Crippen molar-refractivity contribution >= 4 is 38.9 Å². The van der Waals surface area contributed by atoms with Gasteiger partial charge in [-0.2, -0.15) is 0 Å². The van der Waals surface area contributed by atoms with Crippen LogP contribution in [0.4, 0.5) is 5.69 Å². The maximum absolute atomic E-state index is 11.2. The number of rotatable bonds is 4. The number of benzene rings is 2. The Bertz CT molecular complexity index is 726. The topological polar surface area (TPSA) is 72.2 Å². The lowest BCUT2D eigenvalue weighted by Crippen LogP contribution is -2.12. The molecule has 4 nitrogen and oxygen atoms in total. The van der Waals surface area contributed by atoms with Crippen molar-refractivity contribution in [2.24, 2.45) is 5.14 Å². The van der Waals surface area contributed by atoms with Crippen molar-refractivity contribution in [2.75, 3.05) is 5.32 Å². The highest BCUT2D eigenvalue weighted by molar-refractivity contribution is 7.89. The molecule has 0 aliphatic carbocycles. The van der Waals surface area contributed by atoms with Gasteiger partial charge in [-0.05, 0) is 42.8 Å². The van der Waals surface area contributed by atoms with E-state index >= 15 is 0 Å². The summed E-state index contributed by atoms with van der Waals surface area (Å²) in [4.78, 5) is 0.0873. The Morgan fingerprint density at radius 3 is 2.05 bits per heavy atom. The van der Waals surface area contributed by atoms with Crippen molar-refractivity contribution in [3.8, 4) is 0 Å². The first-order valence-electron chi connectivity index (χ1n) is 6.11. The van der Waals surface area contributed by atoms with Gasteiger partial charge in [0, 0.05) is 21.8 Å². The van der Waals surface area contributed by atoms with E-state index < -0.39 is 10.0 Å². The maximum atomic E-state index is 11.2. The van der Waals surface area contributed by atoms with Crippen LogP contribution in [0.15, 0.2) is 47.4 Å². The third-order valence-electron chi connectivity index (χ3n) is 2.95. The van der Waals surface area contributed by atoms with Crippen LogP contribution < -0.4 is 10.5 Å². The van der Waals surface area contributed by atoms with Gasteiger partial charge in [0.15, 0.2) is 0 Å². The van der Waals surface area contributed by atoms with Crippen LogP contribution >= 0.6 is 23.2 Å². The minimum Gasteiger partial charge on any atom is -0.378 e. The van der Waals surface area contributed by atoms with Gasteiger partial charge < -0.3 is 5.32 Å². The predicted molar refractivity (Wildman–Crippen MR) is 86.3 cm³/mol. The van der Waals surface area contributed by atoms with E-state index in [9.17, 15) is 8.42 Å². The molecular formula is C14H14Cl2N2O2S. The fourth-order valence-electron chi connectivity index (χ4n) is 1.92. The molecule has 3 N–H and O–H groups in total. The van der Waals surface area contributed by atoms with Crippen LogP contribution in [0.25, 0.3) is 0 Å². The first-order valence-corrected chi connectivity index (χ1v) is 8.41. The van der Waals surface area contributed by atoms with Crippen molar-refractivity contribution in [2.45, 2.75) is 17.9 Å². The second kappa shape index (κ2) is 6.23. The molecule has 0 saturated heterocycles. The average molecular weight is 345 g/mol. The van der Waals surface area contributed by atoms with Gasteiger partial charge in [0.05, 0.1) is 4.90 Å². The number of nitrogens with two attached hydrogens (primary N) is 1. The molecule has 0 aromatic heterocycles. The molecule has 0 fully saturated rings. The minimum absolute atomic E-state index is 0.0472. The molecule has 2 rings (SSSR count). The van der Waals surface area contributed by atoms with E-state index in [1.54, 1.807) is 30.3 Å². The highest BCUT2D eigenvalue weighted by atomic mass is 35.5. The summed E-state index contributed by atoms with van der Waals surface area (Å²) in [6, 6.07) is 11.5. The van der Waals surface area contributed by atoms with Gasteiger partial charge >= 0.3 is 0 Å². The molecule has 0 bridgehead atoms. The molecule has 0 aliphatic heterocycles. The summed E-state index contributed by atoms with van der Waals surface area (Å²) in [7, 11) is -3.67. The van der Waals surface area contributed by atoms with E-state index in [2.05, 4.69) is 5.32 Å². The minimum atomic E-state index is -3.67. The Morgan fingerprint density at radius 2 is 1.57 bits per heavy atom.